The maximum atomic E-state index is 4.38. The molecule has 0 amide bonds. The topological polar surface area (TPSA) is 3.24 Å². The molecule has 0 bridgehead atoms. The lowest BCUT2D eigenvalue weighted by atomic mass is 9.99. The molecule has 0 aromatic heterocycles. The Hall–Kier alpha value is -3.06. The number of allylic oxidation sites excluding steroid dienone is 1. The first-order valence-corrected chi connectivity index (χ1v) is 9.41. The number of nitrogens with zero attached hydrogens (tertiary/aromatic N) is 1. The molecule has 1 aliphatic heterocycles. The molecule has 0 N–H and O–H groups in total. The summed E-state index contributed by atoms with van der Waals surface area (Å²) in [5.74, 6) is 0. The third-order valence-electron chi connectivity index (χ3n) is 5.34. The molecular weight excluding hydrogens is 326 g/mol. The molecular formula is C26H25N. The zero-order chi connectivity index (χ0) is 19.0. The smallest absolute Gasteiger partial charge is 0.0488 e. The largest absolute Gasteiger partial charge is 0.337 e. The van der Waals surface area contributed by atoms with Gasteiger partial charge in [0.15, 0.2) is 0 Å². The number of hydrogen-bond acceptors (Lipinski definition) is 1. The molecule has 0 saturated heterocycles. The van der Waals surface area contributed by atoms with Crippen molar-refractivity contribution >= 4 is 17.0 Å². The predicted molar refractivity (Wildman–Crippen MR) is 117 cm³/mol. The van der Waals surface area contributed by atoms with Crippen LogP contribution in [0.1, 0.15) is 40.3 Å². The van der Waals surface area contributed by atoms with Crippen LogP contribution in [0.2, 0.25) is 0 Å². The molecule has 0 fully saturated rings. The molecule has 3 aromatic carbocycles. The van der Waals surface area contributed by atoms with Crippen molar-refractivity contribution < 1.29 is 0 Å². The van der Waals surface area contributed by atoms with E-state index in [1.807, 2.05) is 6.92 Å². The van der Waals surface area contributed by atoms with E-state index in [0.29, 0.717) is 0 Å². The van der Waals surface area contributed by atoms with Crippen LogP contribution in [0.5, 0.6) is 0 Å². The van der Waals surface area contributed by atoms with Crippen LogP contribution in [0.25, 0.3) is 11.3 Å². The van der Waals surface area contributed by atoms with E-state index in [1.54, 1.807) is 0 Å². The lowest BCUT2D eigenvalue weighted by Gasteiger charge is -2.20. The van der Waals surface area contributed by atoms with Gasteiger partial charge in [0.05, 0.1) is 0 Å². The van der Waals surface area contributed by atoms with E-state index >= 15 is 0 Å². The summed E-state index contributed by atoms with van der Waals surface area (Å²) in [7, 11) is 0. The molecule has 0 atom stereocenters. The Bertz CT molecular complexity index is 1010. The van der Waals surface area contributed by atoms with Gasteiger partial charge in [-0.15, -0.1) is 0 Å². The number of hydrogen-bond donors (Lipinski definition) is 0. The first-order chi connectivity index (χ1) is 13.0. The van der Waals surface area contributed by atoms with Crippen LogP contribution >= 0.6 is 0 Å². The van der Waals surface area contributed by atoms with Gasteiger partial charge in [0, 0.05) is 23.5 Å². The summed E-state index contributed by atoms with van der Waals surface area (Å²) in [6, 6.07) is 24.2. The van der Waals surface area contributed by atoms with Gasteiger partial charge in [-0.25, -0.2) is 0 Å². The van der Waals surface area contributed by atoms with Crippen LogP contribution in [-0.2, 0) is 13.0 Å². The Balaban J connectivity index is 1.57. The fourth-order valence-corrected chi connectivity index (χ4v) is 3.67. The van der Waals surface area contributed by atoms with Crippen LogP contribution in [0.15, 0.2) is 79.9 Å². The van der Waals surface area contributed by atoms with Gasteiger partial charge in [0.25, 0.3) is 0 Å². The van der Waals surface area contributed by atoms with E-state index < -0.39 is 0 Å². The highest BCUT2D eigenvalue weighted by Crippen LogP contribution is 2.36. The average molecular weight is 351 g/mol. The molecule has 1 heteroatoms. The van der Waals surface area contributed by atoms with Crippen molar-refractivity contribution in [3.8, 4) is 0 Å². The van der Waals surface area contributed by atoms with Crippen molar-refractivity contribution in [3.63, 3.8) is 0 Å². The molecule has 3 aromatic rings. The number of fused-ring (bicyclic) bond motifs is 1. The maximum absolute atomic E-state index is 4.38. The summed E-state index contributed by atoms with van der Waals surface area (Å²) in [4.78, 5) is 2.29. The quantitative estimate of drug-likeness (QED) is 0.511. The Morgan fingerprint density at radius 2 is 1.59 bits per heavy atom. The third kappa shape index (κ3) is 3.46. The number of benzene rings is 3. The Morgan fingerprint density at radius 1 is 0.926 bits per heavy atom. The van der Waals surface area contributed by atoms with E-state index in [2.05, 4.69) is 91.7 Å². The van der Waals surface area contributed by atoms with Crippen molar-refractivity contribution in [1.82, 2.24) is 0 Å². The fraction of sp³-hybridized carbons (Fsp3) is 0.154. The van der Waals surface area contributed by atoms with Gasteiger partial charge >= 0.3 is 0 Å². The van der Waals surface area contributed by atoms with Crippen molar-refractivity contribution in [1.29, 1.82) is 0 Å². The molecule has 0 spiro atoms. The second kappa shape index (κ2) is 6.92. The van der Waals surface area contributed by atoms with Crippen molar-refractivity contribution in [2.45, 2.75) is 26.8 Å². The van der Waals surface area contributed by atoms with E-state index in [0.717, 1.165) is 24.2 Å². The highest BCUT2D eigenvalue weighted by atomic mass is 15.2. The first kappa shape index (κ1) is 17.4. The molecule has 27 heavy (non-hydrogen) atoms. The average Bonchev–Trinajstić information content (AvgIpc) is 3.00. The zero-order valence-corrected chi connectivity index (χ0v) is 16.1. The predicted octanol–water partition coefficient (Wildman–Crippen LogP) is 6.61. The standard InChI is InChI=1S/C26H25N/c1-18(2)23-11-13-25(14-12-23)27-17-24-10-9-22(16-26(24)20(27)4)15-21-7-5-19(3)6-8-21/h5-14,16H,1,4,15,17H2,2-3H3. The van der Waals surface area contributed by atoms with Crippen molar-refractivity contribution in [3.05, 3.63) is 113 Å². The Labute approximate surface area is 162 Å². The summed E-state index contributed by atoms with van der Waals surface area (Å²) < 4.78 is 0. The summed E-state index contributed by atoms with van der Waals surface area (Å²) in [6.07, 6.45) is 0.953. The minimum absolute atomic E-state index is 0.880. The molecule has 0 unspecified atom stereocenters. The lowest BCUT2D eigenvalue weighted by molar-refractivity contribution is 1.04. The first-order valence-electron chi connectivity index (χ1n) is 9.41. The third-order valence-corrected chi connectivity index (χ3v) is 5.34. The van der Waals surface area contributed by atoms with E-state index in [9.17, 15) is 0 Å². The van der Waals surface area contributed by atoms with Crippen LogP contribution in [0, 0.1) is 6.92 Å². The van der Waals surface area contributed by atoms with Crippen LogP contribution in [-0.4, -0.2) is 0 Å². The minimum Gasteiger partial charge on any atom is -0.337 e. The highest BCUT2D eigenvalue weighted by Gasteiger charge is 2.23. The SMILES string of the molecule is C=C(C)c1ccc(N2Cc3ccc(Cc4ccc(C)cc4)cc3C2=C)cc1. The van der Waals surface area contributed by atoms with Gasteiger partial charge in [0.2, 0.25) is 0 Å². The van der Waals surface area contributed by atoms with Crippen LogP contribution in [0.4, 0.5) is 5.69 Å². The lowest BCUT2D eigenvalue weighted by Crippen LogP contribution is -2.12. The highest BCUT2D eigenvalue weighted by molar-refractivity contribution is 5.84. The number of anilines is 1. The summed E-state index contributed by atoms with van der Waals surface area (Å²) >= 11 is 0. The minimum atomic E-state index is 0.880. The van der Waals surface area contributed by atoms with Gasteiger partial charge in [-0.1, -0.05) is 72.8 Å². The van der Waals surface area contributed by atoms with Gasteiger partial charge in [-0.2, -0.15) is 0 Å². The van der Waals surface area contributed by atoms with Gasteiger partial charge < -0.3 is 4.90 Å². The summed E-state index contributed by atoms with van der Waals surface area (Å²) in [6.45, 7) is 13.4. The van der Waals surface area contributed by atoms with Crippen LogP contribution < -0.4 is 4.90 Å². The molecule has 0 saturated carbocycles. The van der Waals surface area contributed by atoms with Gasteiger partial charge in [-0.05, 0) is 60.7 Å². The molecule has 4 rings (SSSR count). The van der Waals surface area contributed by atoms with Crippen molar-refractivity contribution in [2.24, 2.45) is 0 Å². The summed E-state index contributed by atoms with van der Waals surface area (Å²) in [5.41, 5.74) is 11.1. The van der Waals surface area contributed by atoms with Gasteiger partial charge in [-0.3, -0.25) is 0 Å². The molecule has 1 nitrogen and oxygen atoms in total. The second-order valence-electron chi connectivity index (χ2n) is 7.51. The Kier molecular flexibility index (Phi) is 4.45. The van der Waals surface area contributed by atoms with Crippen LogP contribution in [0.3, 0.4) is 0 Å². The second-order valence-corrected chi connectivity index (χ2v) is 7.51. The monoisotopic (exact) mass is 351 g/mol. The molecule has 1 heterocycles. The molecule has 0 aliphatic carbocycles. The van der Waals surface area contributed by atoms with Gasteiger partial charge in [0.1, 0.15) is 0 Å². The van der Waals surface area contributed by atoms with E-state index in [-0.39, 0.29) is 0 Å². The fourth-order valence-electron chi connectivity index (χ4n) is 3.67. The number of rotatable bonds is 4. The zero-order valence-electron chi connectivity index (χ0n) is 16.1. The van der Waals surface area contributed by atoms with E-state index in [1.165, 1.54) is 39.1 Å². The molecule has 0 radical (unpaired) electrons. The Morgan fingerprint density at radius 3 is 2.26 bits per heavy atom. The molecule has 134 valence electrons. The normalized spacial score (nSPS) is 13.0. The summed E-state index contributed by atoms with van der Waals surface area (Å²) in [5, 5.41) is 0. The molecule has 1 aliphatic rings. The number of aryl methyl sites for hydroxylation is 1. The van der Waals surface area contributed by atoms with E-state index in [4.69, 9.17) is 0 Å². The van der Waals surface area contributed by atoms with Crippen molar-refractivity contribution in [2.75, 3.05) is 4.90 Å². The maximum Gasteiger partial charge on any atom is 0.0488 e.